The summed E-state index contributed by atoms with van der Waals surface area (Å²) in [6.07, 6.45) is -0.542. The van der Waals surface area contributed by atoms with Crippen LogP contribution >= 0.6 is 0 Å². The van der Waals surface area contributed by atoms with Crippen molar-refractivity contribution in [1.29, 1.82) is 0 Å². The Morgan fingerprint density at radius 2 is 1.85 bits per heavy atom. The van der Waals surface area contributed by atoms with Crippen LogP contribution in [0.5, 0.6) is 0 Å². The van der Waals surface area contributed by atoms with E-state index in [1.807, 2.05) is 32.9 Å². The van der Waals surface area contributed by atoms with Crippen molar-refractivity contribution in [1.82, 2.24) is 4.90 Å². The minimum atomic E-state index is -4.36. The minimum absolute atomic E-state index is 0.157. The third-order valence-electron chi connectivity index (χ3n) is 4.25. The summed E-state index contributed by atoms with van der Waals surface area (Å²) >= 11 is 0. The van der Waals surface area contributed by atoms with Crippen molar-refractivity contribution in [3.05, 3.63) is 47.5 Å². The summed E-state index contributed by atoms with van der Waals surface area (Å²) in [5.74, 6) is 0.157. The van der Waals surface area contributed by atoms with E-state index in [2.05, 4.69) is 0 Å². The molecule has 27 heavy (non-hydrogen) atoms. The first kappa shape index (κ1) is 21.3. The average Bonchev–Trinajstić information content (AvgIpc) is 3.03. The van der Waals surface area contributed by atoms with Crippen LogP contribution in [0.25, 0.3) is 0 Å². The zero-order valence-electron chi connectivity index (χ0n) is 16.0. The van der Waals surface area contributed by atoms with Crippen molar-refractivity contribution in [3.8, 4) is 0 Å². The van der Waals surface area contributed by atoms with Gasteiger partial charge in [-0.15, -0.1) is 0 Å². The Kier molecular flexibility index (Phi) is 6.57. The van der Waals surface area contributed by atoms with Crippen LogP contribution in [0.3, 0.4) is 0 Å². The van der Waals surface area contributed by atoms with Crippen molar-refractivity contribution in [2.75, 3.05) is 20.2 Å². The Labute approximate surface area is 157 Å². The summed E-state index contributed by atoms with van der Waals surface area (Å²) in [5.41, 5.74) is -0.577. The molecule has 1 heterocycles. The molecular weight excluding hydrogens is 359 g/mol. The molecule has 1 amide bonds. The van der Waals surface area contributed by atoms with E-state index >= 15 is 0 Å². The quantitative estimate of drug-likeness (QED) is 0.668. The van der Waals surface area contributed by atoms with Gasteiger partial charge < -0.3 is 14.4 Å². The van der Waals surface area contributed by atoms with Gasteiger partial charge in [0, 0.05) is 20.2 Å². The number of alkyl halides is 3. The second-order valence-electron chi connectivity index (χ2n) is 7.64. The van der Waals surface area contributed by atoms with E-state index in [9.17, 15) is 18.0 Å². The lowest BCUT2D eigenvalue weighted by Gasteiger charge is -2.24. The van der Waals surface area contributed by atoms with Gasteiger partial charge in [0.1, 0.15) is 11.7 Å². The number of amides is 1. The van der Waals surface area contributed by atoms with Gasteiger partial charge in [0.15, 0.2) is 0 Å². The van der Waals surface area contributed by atoms with E-state index in [1.165, 1.54) is 19.2 Å². The Hall–Kier alpha value is -2.02. The van der Waals surface area contributed by atoms with Gasteiger partial charge in [-0.1, -0.05) is 24.3 Å². The highest BCUT2D eigenvalue weighted by molar-refractivity contribution is 5.68. The van der Waals surface area contributed by atoms with Gasteiger partial charge in [-0.3, -0.25) is 0 Å². The van der Waals surface area contributed by atoms with Crippen molar-refractivity contribution in [3.63, 3.8) is 0 Å². The predicted octanol–water partition coefficient (Wildman–Crippen LogP) is 5.21. The number of likely N-dealkylation sites (tertiary alicyclic amines) is 1. The molecule has 0 N–H and O–H groups in total. The highest BCUT2D eigenvalue weighted by Gasteiger charge is 2.30. The fraction of sp³-hybridized carbons (Fsp3) is 0.550. The summed E-state index contributed by atoms with van der Waals surface area (Å²) in [6.45, 7) is 6.64. The molecule has 2 atom stereocenters. The first-order valence-corrected chi connectivity index (χ1v) is 8.86. The molecule has 0 spiro atoms. The molecule has 7 heteroatoms. The number of hydrogen-bond donors (Lipinski definition) is 0. The number of carbonyl (C=O) groups excluding carboxylic acids is 1. The molecule has 4 nitrogen and oxygen atoms in total. The maximum absolute atomic E-state index is 12.7. The van der Waals surface area contributed by atoms with Crippen LogP contribution in [0, 0.1) is 5.92 Å². The average molecular weight is 385 g/mol. The molecule has 150 valence electrons. The lowest BCUT2D eigenvalue weighted by Crippen LogP contribution is -2.35. The van der Waals surface area contributed by atoms with Gasteiger partial charge in [0.05, 0.1) is 5.56 Å². The molecule has 0 saturated carbocycles. The first-order valence-electron chi connectivity index (χ1n) is 8.86. The fourth-order valence-corrected chi connectivity index (χ4v) is 2.88. The SMILES string of the molecule is COC(/C=C/C1CCN(C(=O)OC(C)(C)C)C1)c1ccc(C(F)(F)F)cc1. The summed E-state index contributed by atoms with van der Waals surface area (Å²) in [6, 6.07) is 4.94. The van der Waals surface area contributed by atoms with Crippen LogP contribution in [0.4, 0.5) is 18.0 Å². The monoisotopic (exact) mass is 385 g/mol. The standard InChI is InChI=1S/C20H26F3NO3/c1-19(2,3)27-18(25)24-12-11-14(13-24)5-10-17(26-4)15-6-8-16(9-7-15)20(21,22)23/h5-10,14,17H,11-13H2,1-4H3/b10-5+. The van der Waals surface area contributed by atoms with Crippen LogP contribution in [-0.4, -0.2) is 36.8 Å². The molecule has 1 aromatic carbocycles. The van der Waals surface area contributed by atoms with E-state index < -0.39 is 23.4 Å². The number of carbonyl (C=O) groups is 1. The molecular formula is C20H26F3NO3. The third kappa shape index (κ3) is 6.27. The molecule has 0 aliphatic carbocycles. The Balaban J connectivity index is 1.97. The van der Waals surface area contributed by atoms with Gasteiger partial charge in [-0.2, -0.15) is 13.2 Å². The van der Waals surface area contributed by atoms with Crippen LogP contribution in [0.15, 0.2) is 36.4 Å². The summed E-state index contributed by atoms with van der Waals surface area (Å²) in [4.78, 5) is 13.8. The molecule has 1 aliphatic rings. The highest BCUT2D eigenvalue weighted by Crippen LogP contribution is 2.31. The van der Waals surface area contributed by atoms with Gasteiger partial charge in [-0.25, -0.2) is 4.79 Å². The maximum atomic E-state index is 12.7. The number of nitrogens with zero attached hydrogens (tertiary/aromatic N) is 1. The minimum Gasteiger partial charge on any atom is -0.444 e. The Morgan fingerprint density at radius 1 is 1.22 bits per heavy atom. The second kappa shape index (κ2) is 8.33. The molecule has 0 bridgehead atoms. The van der Waals surface area contributed by atoms with Crippen molar-refractivity contribution in [2.45, 2.75) is 45.1 Å². The van der Waals surface area contributed by atoms with Crippen LogP contribution < -0.4 is 0 Å². The van der Waals surface area contributed by atoms with Crippen LogP contribution in [0.2, 0.25) is 0 Å². The smallest absolute Gasteiger partial charge is 0.416 e. The third-order valence-corrected chi connectivity index (χ3v) is 4.25. The van der Waals surface area contributed by atoms with E-state index in [0.29, 0.717) is 18.7 Å². The number of rotatable bonds is 4. The van der Waals surface area contributed by atoms with Crippen molar-refractivity contribution in [2.24, 2.45) is 5.92 Å². The predicted molar refractivity (Wildman–Crippen MR) is 96.2 cm³/mol. The Bertz CT molecular complexity index is 663. The van der Waals surface area contributed by atoms with Gasteiger partial charge in [0.25, 0.3) is 0 Å². The largest absolute Gasteiger partial charge is 0.444 e. The molecule has 2 rings (SSSR count). The molecule has 2 unspecified atom stereocenters. The van der Waals surface area contributed by atoms with Gasteiger partial charge >= 0.3 is 12.3 Å². The molecule has 1 fully saturated rings. The fourth-order valence-electron chi connectivity index (χ4n) is 2.88. The van der Waals surface area contributed by atoms with Crippen LogP contribution in [-0.2, 0) is 15.7 Å². The van der Waals surface area contributed by atoms with Gasteiger partial charge in [-0.05, 0) is 50.8 Å². The lowest BCUT2D eigenvalue weighted by atomic mass is 10.0. The lowest BCUT2D eigenvalue weighted by molar-refractivity contribution is -0.137. The normalized spacial score (nSPS) is 19.5. The topological polar surface area (TPSA) is 38.8 Å². The van der Waals surface area contributed by atoms with E-state index in [1.54, 1.807) is 4.90 Å². The number of methoxy groups -OCH3 is 1. The van der Waals surface area contributed by atoms with E-state index in [-0.39, 0.29) is 12.0 Å². The van der Waals surface area contributed by atoms with Crippen LogP contribution in [0.1, 0.15) is 44.4 Å². The molecule has 1 saturated heterocycles. The molecule has 0 radical (unpaired) electrons. The van der Waals surface area contributed by atoms with Gasteiger partial charge in [0.2, 0.25) is 0 Å². The highest BCUT2D eigenvalue weighted by atomic mass is 19.4. The number of benzene rings is 1. The first-order chi connectivity index (χ1) is 12.5. The maximum Gasteiger partial charge on any atom is 0.416 e. The summed E-state index contributed by atoms with van der Waals surface area (Å²) in [7, 11) is 1.51. The molecule has 0 aromatic heterocycles. The number of hydrogen-bond acceptors (Lipinski definition) is 3. The van der Waals surface area contributed by atoms with Crippen molar-refractivity contribution < 1.29 is 27.4 Å². The zero-order valence-corrected chi connectivity index (χ0v) is 16.0. The van der Waals surface area contributed by atoms with E-state index in [0.717, 1.165) is 18.6 Å². The Morgan fingerprint density at radius 3 is 2.37 bits per heavy atom. The summed E-state index contributed by atoms with van der Waals surface area (Å²) < 4.78 is 48.8. The van der Waals surface area contributed by atoms with Crippen molar-refractivity contribution >= 4 is 6.09 Å². The van der Waals surface area contributed by atoms with E-state index in [4.69, 9.17) is 9.47 Å². The zero-order chi connectivity index (χ0) is 20.2. The molecule has 1 aromatic rings. The molecule has 1 aliphatic heterocycles. The number of ether oxygens (including phenoxy) is 2. The second-order valence-corrected chi connectivity index (χ2v) is 7.64. The number of halogens is 3. The summed E-state index contributed by atoms with van der Waals surface area (Å²) in [5, 5.41) is 0.